The SMILES string of the molecule is CCCn1ncc([N+](=O)[O-])c1C(N)=O. The van der Waals surface area contributed by atoms with Crippen molar-refractivity contribution < 1.29 is 9.72 Å². The molecule has 0 spiro atoms. The molecule has 0 aliphatic heterocycles. The van der Waals surface area contributed by atoms with E-state index >= 15 is 0 Å². The number of aryl methyl sites for hydroxylation is 1. The number of rotatable bonds is 4. The highest BCUT2D eigenvalue weighted by Crippen LogP contribution is 2.16. The minimum Gasteiger partial charge on any atom is -0.364 e. The highest BCUT2D eigenvalue weighted by Gasteiger charge is 2.24. The summed E-state index contributed by atoms with van der Waals surface area (Å²) in [4.78, 5) is 20.8. The summed E-state index contributed by atoms with van der Waals surface area (Å²) in [5, 5.41) is 14.2. The van der Waals surface area contributed by atoms with Crippen molar-refractivity contribution in [1.82, 2.24) is 9.78 Å². The average molecular weight is 198 g/mol. The van der Waals surface area contributed by atoms with Crippen LogP contribution in [0, 0.1) is 10.1 Å². The van der Waals surface area contributed by atoms with E-state index < -0.39 is 10.8 Å². The maximum Gasteiger partial charge on any atom is 0.320 e. The molecule has 0 bridgehead atoms. The second-order valence-corrected chi connectivity index (χ2v) is 2.72. The van der Waals surface area contributed by atoms with Crippen LogP contribution in [-0.4, -0.2) is 20.6 Å². The van der Waals surface area contributed by atoms with Crippen LogP contribution >= 0.6 is 0 Å². The molecule has 14 heavy (non-hydrogen) atoms. The first-order valence-electron chi connectivity index (χ1n) is 4.08. The Bertz CT molecular complexity index is 371. The van der Waals surface area contributed by atoms with Gasteiger partial charge in [0.1, 0.15) is 6.20 Å². The Labute approximate surface area is 79.7 Å². The Balaban J connectivity index is 3.20. The van der Waals surface area contributed by atoms with Gasteiger partial charge in [-0.2, -0.15) is 5.10 Å². The lowest BCUT2D eigenvalue weighted by Gasteiger charge is -2.00. The summed E-state index contributed by atoms with van der Waals surface area (Å²) in [5.74, 6) is -0.831. The number of hydrogen-bond donors (Lipinski definition) is 1. The van der Waals surface area contributed by atoms with Crippen molar-refractivity contribution in [3.63, 3.8) is 0 Å². The van der Waals surface area contributed by atoms with Crippen LogP contribution in [0.4, 0.5) is 5.69 Å². The number of hydrogen-bond acceptors (Lipinski definition) is 4. The second kappa shape index (κ2) is 3.86. The maximum absolute atomic E-state index is 10.9. The lowest BCUT2D eigenvalue weighted by Crippen LogP contribution is -2.19. The quantitative estimate of drug-likeness (QED) is 0.554. The number of carbonyl (C=O) groups is 1. The molecule has 7 heteroatoms. The van der Waals surface area contributed by atoms with E-state index in [0.29, 0.717) is 6.54 Å². The van der Waals surface area contributed by atoms with Crippen LogP contribution in [0.15, 0.2) is 6.20 Å². The van der Waals surface area contributed by atoms with E-state index in [9.17, 15) is 14.9 Å². The molecule has 1 rings (SSSR count). The molecule has 0 aliphatic rings. The number of nitrogens with zero attached hydrogens (tertiary/aromatic N) is 3. The predicted octanol–water partition coefficient (Wildman–Crippen LogP) is 0.300. The van der Waals surface area contributed by atoms with Crippen molar-refractivity contribution in [2.24, 2.45) is 5.73 Å². The van der Waals surface area contributed by atoms with Gasteiger partial charge >= 0.3 is 5.69 Å². The van der Waals surface area contributed by atoms with Crippen LogP contribution in [0.3, 0.4) is 0 Å². The third-order valence-electron chi connectivity index (χ3n) is 1.69. The molecule has 0 unspecified atom stereocenters. The lowest BCUT2D eigenvalue weighted by atomic mass is 10.3. The average Bonchev–Trinajstić information content (AvgIpc) is 2.48. The van der Waals surface area contributed by atoms with Gasteiger partial charge in [-0.1, -0.05) is 6.92 Å². The van der Waals surface area contributed by atoms with E-state index in [2.05, 4.69) is 5.10 Å². The first-order valence-corrected chi connectivity index (χ1v) is 4.08. The van der Waals surface area contributed by atoms with E-state index in [1.54, 1.807) is 0 Å². The fraction of sp³-hybridized carbons (Fsp3) is 0.429. The third-order valence-corrected chi connectivity index (χ3v) is 1.69. The predicted molar refractivity (Wildman–Crippen MR) is 47.7 cm³/mol. The standard InChI is InChI=1S/C7H10N4O3/c1-2-3-10-6(7(8)12)5(4-9-10)11(13)14/h4H,2-3H2,1H3,(H2,8,12). The fourth-order valence-corrected chi connectivity index (χ4v) is 1.14. The molecule has 0 saturated heterocycles. The van der Waals surface area contributed by atoms with Gasteiger partial charge in [0.05, 0.1) is 4.92 Å². The van der Waals surface area contributed by atoms with Crippen molar-refractivity contribution in [2.45, 2.75) is 19.9 Å². The van der Waals surface area contributed by atoms with Crippen LogP contribution in [0.5, 0.6) is 0 Å². The number of nitrogens with two attached hydrogens (primary N) is 1. The number of amides is 1. The zero-order chi connectivity index (χ0) is 10.7. The van der Waals surface area contributed by atoms with Gasteiger partial charge in [-0.15, -0.1) is 0 Å². The first-order chi connectivity index (χ1) is 6.57. The molecular formula is C7H10N4O3. The van der Waals surface area contributed by atoms with Crippen molar-refractivity contribution in [1.29, 1.82) is 0 Å². The van der Waals surface area contributed by atoms with Crippen molar-refractivity contribution in [3.8, 4) is 0 Å². The molecule has 7 nitrogen and oxygen atoms in total. The van der Waals surface area contributed by atoms with Gasteiger partial charge in [0.25, 0.3) is 5.91 Å². The third kappa shape index (κ3) is 1.70. The molecule has 1 aromatic heterocycles. The minimum absolute atomic E-state index is 0.142. The second-order valence-electron chi connectivity index (χ2n) is 2.72. The Morgan fingerprint density at radius 1 is 1.79 bits per heavy atom. The minimum atomic E-state index is -0.831. The van der Waals surface area contributed by atoms with Crippen molar-refractivity contribution in [2.75, 3.05) is 0 Å². The molecule has 76 valence electrons. The van der Waals surface area contributed by atoms with E-state index in [1.807, 2.05) is 6.92 Å². The van der Waals surface area contributed by atoms with Crippen LogP contribution in [0.25, 0.3) is 0 Å². The molecule has 1 heterocycles. The summed E-state index contributed by atoms with van der Waals surface area (Å²) in [5.41, 5.74) is 4.54. The molecule has 0 fully saturated rings. The normalized spacial score (nSPS) is 10.1. The van der Waals surface area contributed by atoms with Gasteiger partial charge in [0, 0.05) is 6.54 Å². The van der Waals surface area contributed by atoms with E-state index in [0.717, 1.165) is 12.6 Å². The zero-order valence-corrected chi connectivity index (χ0v) is 7.64. The van der Waals surface area contributed by atoms with E-state index in [4.69, 9.17) is 5.73 Å². The van der Waals surface area contributed by atoms with Gasteiger partial charge in [-0.05, 0) is 6.42 Å². The molecule has 0 saturated carbocycles. The smallest absolute Gasteiger partial charge is 0.320 e. The Kier molecular flexibility index (Phi) is 2.80. The van der Waals surface area contributed by atoms with Gasteiger partial charge in [0.15, 0.2) is 0 Å². The summed E-state index contributed by atoms with van der Waals surface area (Å²) >= 11 is 0. The summed E-state index contributed by atoms with van der Waals surface area (Å²) in [6.45, 7) is 2.31. The van der Waals surface area contributed by atoms with Gasteiger partial charge in [-0.25, -0.2) is 0 Å². The molecular weight excluding hydrogens is 188 g/mol. The summed E-state index contributed by atoms with van der Waals surface area (Å²) < 4.78 is 1.25. The van der Waals surface area contributed by atoms with Gasteiger partial charge in [-0.3, -0.25) is 19.6 Å². The largest absolute Gasteiger partial charge is 0.364 e. The molecule has 2 N–H and O–H groups in total. The molecule has 0 aromatic carbocycles. The summed E-state index contributed by atoms with van der Waals surface area (Å²) in [6, 6.07) is 0. The molecule has 0 aliphatic carbocycles. The Hall–Kier alpha value is -1.92. The lowest BCUT2D eigenvalue weighted by molar-refractivity contribution is -0.385. The van der Waals surface area contributed by atoms with E-state index in [1.165, 1.54) is 4.68 Å². The number of aromatic nitrogens is 2. The topological polar surface area (TPSA) is 104 Å². The van der Waals surface area contributed by atoms with Crippen LogP contribution in [0.2, 0.25) is 0 Å². The summed E-state index contributed by atoms with van der Waals surface area (Å²) in [6.07, 6.45) is 1.76. The highest BCUT2D eigenvalue weighted by molar-refractivity contribution is 5.95. The molecule has 0 radical (unpaired) electrons. The fourth-order valence-electron chi connectivity index (χ4n) is 1.14. The number of carbonyl (C=O) groups excluding carboxylic acids is 1. The number of nitro groups is 1. The first kappa shape index (κ1) is 10.2. The van der Waals surface area contributed by atoms with Crippen molar-refractivity contribution in [3.05, 3.63) is 22.0 Å². The van der Waals surface area contributed by atoms with Gasteiger partial charge in [0.2, 0.25) is 5.69 Å². The van der Waals surface area contributed by atoms with Crippen molar-refractivity contribution >= 4 is 11.6 Å². The Morgan fingerprint density at radius 3 is 2.86 bits per heavy atom. The van der Waals surface area contributed by atoms with Crippen LogP contribution in [-0.2, 0) is 6.54 Å². The highest BCUT2D eigenvalue weighted by atomic mass is 16.6. The van der Waals surface area contributed by atoms with Gasteiger partial charge < -0.3 is 5.73 Å². The summed E-state index contributed by atoms with van der Waals surface area (Å²) in [7, 11) is 0. The molecule has 1 amide bonds. The number of primary amides is 1. The van der Waals surface area contributed by atoms with Crippen LogP contribution < -0.4 is 5.73 Å². The zero-order valence-electron chi connectivity index (χ0n) is 7.64. The monoisotopic (exact) mass is 198 g/mol. The molecule has 1 aromatic rings. The Morgan fingerprint density at radius 2 is 2.43 bits per heavy atom. The molecule has 0 atom stereocenters. The van der Waals surface area contributed by atoms with E-state index in [-0.39, 0.29) is 11.4 Å². The van der Waals surface area contributed by atoms with Crippen LogP contribution in [0.1, 0.15) is 23.8 Å². The maximum atomic E-state index is 10.9.